The van der Waals surface area contributed by atoms with E-state index in [0.717, 1.165) is 30.9 Å². The van der Waals surface area contributed by atoms with Crippen molar-refractivity contribution < 1.29 is 27.2 Å². The Bertz CT molecular complexity index is 586. The molecule has 0 bridgehead atoms. The van der Waals surface area contributed by atoms with E-state index in [2.05, 4.69) is 42.6 Å². The van der Waals surface area contributed by atoms with Gasteiger partial charge in [-0.3, -0.25) is 0 Å². The molecule has 3 nitrogen and oxygen atoms in total. The molecule has 1 unspecified atom stereocenters. The zero-order chi connectivity index (χ0) is 16.5. The van der Waals surface area contributed by atoms with E-state index in [1.165, 1.54) is 17.5 Å². The van der Waals surface area contributed by atoms with Crippen LogP contribution in [0.4, 0.5) is 0 Å². The number of methoxy groups -OCH3 is 2. The fraction of sp³-hybridized carbons (Fsp3) is 0.400. The topological polar surface area (TPSA) is 35.1 Å². The number of aryl methyl sites for hydroxylation is 1. The van der Waals surface area contributed by atoms with E-state index < -0.39 is 0 Å². The molecule has 132 valence electrons. The second-order valence-electron chi connectivity index (χ2n) is 6.01. The molecule has 4 heteroatoms. The molecule has 0 saturated heterocycles. The van der Waals surface area contributed by atoms with Crippen molar-refractivity contribution in [2.75, 3.05) is 20.8 Å². The number of quaternary nitrogens is 1. The number of hydrogen-bond acceptors (Lipinski definition) is 2. The molecule has 0 spiro atoms. The molecule has 0 aliphatic rings. The Hall–Kier alpha value is -1.71. The van der Waals surface area contributed by atoms with Gasteiger partial charge in [-0.05, 0) is 48.7 Å². The first-order valence-electron chi connectivity index (χ1n) is 8.30. The Labute approximate surface area is 151 Å². The van der Waals surface area contributed by atoms with Crippen molar-refractivity contribution in [2.24, 2.45) is 0 Å². The third-order valence-electron chi connectivity index (χ3n) is 4.09. The summed E-state index contributed by atoms with van der Waals surface area (Å²) in [4.78, 5) is 0. The van der Waals surface area contributed by atoms with E-state index in [4.69, 9.17) is 9.47 Å². The number of rotatable bonds is 9. The number of ether oxygens (including phenoxy) is 2. The van der Waals surface area contributed by atoms with E-state index >= 15 is 0 Å². The highest BCUT2D eigenvalue weighted by atomic mass is 35.5. The normalized spacial score (nSPS) is 11.5. The molecule has 24 heavy (non-hydrogen) atoms. The first-order chi connectivity index (χ1) is 11.2. The average Bonchev–Trinajstić information content (AvgIpc) is 2.59. The maximum atomic E-state index is 5.27. The largest absolute Gasteiger partial charge is 1.00 e. The second-order valence-corrected chi connectivity index (χ2v) is 6.01. The summed E-state index contributed by atoms with van der Waals surface area (Å²) >= 11 is 0. The van der Waals surface area contributed by atoms with Crippen LogP contribution in [0, 0.1) is 0 Å². The van der Waals surface area contributed by atoms with Gasteiger partial charge in [0.25, 0.3) is 0 Å². The lowest BCUT2D eigenvalue weighted by Crippen LogP contribution is -3.00. The van der Waals surface area contributed by atoms with Crippen LogP contribution in [0.1, 0.15) is 24.5 Å². The Balaban J connectivity index is 0.00000288. The minimum absolute atomic E-state index is 0. The fourth-order valence-corrected chi connectivity index (χ4v) is 2.75. The summed E-state index contributed by atoms with van der Waals surface area (Å²) < 4.78 is 10.5. The minimum atomic E-state index is 0. The molecular formula is C20H28ClNO2. The highest BCUT2D eigenvalue weighted by Gasteiger charge is 2.06. The molecule has 0 saturated carbocycles. The number of halogens is 1. The summed E-state index contributed by atoms with van der Waals surface area (Å²) in [6.45, 7) is 3.43. The van der Waals surface area contributed by atoms with Gasteiger partial charge in [-0.15, -0.1) is 0 Å². The van der Waals surface area contributed by atoms with Crippen LogP contribution >= 0.6 is 0 Å². The van der Waals surface area contributed by atoms with Gasteiger partial charge in [0.1, 0.15) is 11.5 Å². The summed E-state index contributed by atoms with van der Waals surface area (Å²) in [6.07, 6.45) is 3.37. The van der Waals surface area contributed by atoms with Crippen LogP contribution in [0.15, 0.2) is 48.5 Å². The van der Waals surface area contributed by atoms with Crippen LogP contribution in [0.3, 0.4) is 0 Å². The summed E-state index contributed by atoms with van der Waals surface area (Å²) in [7, 11) is 3.42. The van der Waals surface area contributed by atoms with Crippen molar-refractivity contribution in [3.8, 4) is 11.5 Å². The van der Waals surface area contributed by atoms with E-state index in [0.29, 0.717) is 6.04 Å². The summed E-state index contributed by atoms with van der Waals surface area (Å²) in [6, 6.07) is 17.3. The fourth-order valence-electron chi connectivity index (χ4n) is 2.75. The predicted molar refractivity (Wildman–Crippen MR) is 94.3 cm³/mol. The SMILES string of the molecule is COc1ccc(CC(C)[NH2+]CCCc2cccc(OC)c2)cc1.[Cl-]. The summed E-state index contributed by atoms with van der Waals surface area (Å²) in [5.41, 5.74) is 2.71. The van der Waals surface area contributed by atoms with Gasteiger partial charge in [-0.2, -0.15) is 0 Å². The molecular weight excluding hydrogens is 322 g/mol. The minimum Gasteiger partial charge on any atom is -1.00 e. The molecule has 1 atom stereocenters. The van der Waals surface area contributed by atoms with Crippen molar-refractivity contribution in [1.29, 1.82) is 0 Å². The highest BCUT2D eigenvalue weighted by molar-refractivity contribution is 5.28. The molecule has 0 fully saturated rings. The smallest absolute Gasteiger partial charge is 0.119 e. The molecule has 0 heterocycles. The summed E-state index contributed by atoms with van der Waals surface area (Å²) in [5.74, 6) is 1.86. The van der Waals surface area contributed by atoms with E-state index in [1.807, 2.05) is 18.2 Å². The van der Waals surface area contributed by atoms with Crippen LogP contribution in [0.5, 0.6) is 11.5 Å². The van der Waals surface area contributed by atoms with Gasteiger partial charge in [0.05, 0.1) is 26.8 Å². The molecule has 2 aromatic rings. The van der Waals surface area contributed by atoms with Gasteiger partial charge < -0.3 is 27.2 Å². The predicted octanol–water partition coefficient (Wildman–Crippen LogP) is -0.165. The third-order valence-corrected chi connectivity index (χ3v) is 4.09. The van der Waals surface area contributed by atoms with Gasteiger partial charge in [0.15, 0.2) is 0 Å². The van der Waals surface area contributed by atoms with Crippen molar-refractivity contribution >= 4 is 0 Å². The van der Waals surface area contributed by atoms with Gasteiger partial charge in [-0.25, -0.2) is 0 Å². The van der Waals surface area contributed by atoms with Crippen LogP contribution in [0.2, 0.25) is 0 Å². The quantitative estimate of drug-likeness (QED) is 0.638. The Morgan fingerprint density at radius 2 is 1.62 bits per heavy atom. The van der Waals surface area contributed by atoms with E-state index in [1.54, 1.807) is 14.2 Å². The summed E-state index contributed by atoms with van der Waals surface area (Å²) in [5, 5.41) is 2.43. The maximum Gasteiger partial charge on any atom is 0.119 e. The molecule has 2 rings (SSSR count). The van der Waals surface area contributed by atoms with Crippen molar-refractivity contribution in [2.45, 2.75) is 32.2 Å². The number of benzene rings is 2. The van der Waals surface area contributed by atoms with Crippen LogP contribution < -0.4 is 27.2 Å². The number of nitrogens with two attached hydrogens (primary N) is 1. The monoisotopic (exact) mass is 349 g/mol. The standard InChI is InChI=1S/C20H27NO2.ClH/c1-16(14-18-9-11-19(22-2)12-10-18)21-13-5-7-17-6-4-8-20(15-17)23-3;/h4,6,8-12,15-16,21H,5,7,13-14H2,1-3H3;1H. The highest BCUT2D eigenvalue weighted by Crippen LogP contribution is 2.14. The zero-order valence-corrected chi connectivity index (χ0v) is 15.6. The molecule has 0 aliphatic carbocycles. The van der Waals surface area contributed by atoms with Gasteiger partial charge in [0, 0.05) is 12.8 Å². The van der Waals surface area contributed by atoms with Crippen molar-refractivity contribution in [3.05, 3.63) is 59.7 Å². The van der Waals surface area contributed by atoms with E-state index in [9.17, 15) is 0 Å². The molecule has 2 aromatic carbocycles. The lowest BCUT2D eigenvalue weighted by molar-refractivity contribution is -0.686. The molecule has 0 aromatic heterocycles. The lowest BCUT2D eigenvalue weighted by Gasteiger charge is -2.11. The molecule has 0 amide bonds. The zero-order valence-electron chi connectivity index (χ0n) is 14.8. The molecule has 0 radical (unpaired) electrons. The second kappa shape index (κ2) is 11.0. The van der Waals surface area contributed by atoms with Gasteiger partial charge in [-0.1, -0.05) is 24.3 Å². The van der Waals surface area contributed by atoms with Crippen molar-refractivity contribution in [3.63, 3.8) is 0 Å². The van der Waals surface area contributed by atoms with Gasteiger partial charge in [0.2, 0.25) is 0 Å². The first-order valence-corrected chi connectivity index (χ1v) is 8.30. The van der Waals surface area contributed by atoms with Crippen LogP contribution in [-0.2, 0) is 12.8 Å². The Morgan fingerprint density at radius 3 is 2.29 bits per heavy atom. The Kier molecular flexibility index (Phi) is 9.28. The molecule has 2 N–H and O–H groups in total. The third kappa shape index (κ3) is 6.81. The molecule has 0 aliphatic heterocycles. The first kappa shape index (κ1) is 20.3. The van der Waals surface area contributed by atoms with Crippen LogP contribution in [-0.4, -0.2) is 26.8 Å². The van der Waals surface area contributed by atoms with Crippen LogP contribution in [0.25, 0.3) is 0 Å². The van der Waals surface area contributed by atoms with Gasteiger partial charge >= 0.3 is 0 Å². The van der Waals surface area contributed by atoms with E-state index in [-0.39, 0.29) is 12.4 Å². The maximum absolute atomic E-state index is 5.27. The number of hydrogen-bond donors (Lipinski definition) is 1. The average molecular weight is 350 g/mol. The Morgan fingerprint density at radius 1 is 0.917 bits per heavy atom. The van der Waals surface area contributed by atoms with Crippen molar-refractivity contribution in [1.82, 2.24) is 0 Å². The lowest BCUT2D eigenvalue weighted by atomic mass is 10.1.